The van der Waals surface area contributed by atoms with Gasteiger partial charge >= 0.3 is 6.36 Å². The Hall–Kier alpha value is -3.00. The number of aliphatic hydroxyl groups is 1. The number of alkyl halides is 3. The lowest BCUT2D eigenvalue weighted by Crippen LogP contribution is -2.34. The van der Waals surface area contributed by atoms with Gasteiger partial charge in [-0.15, -0.1) is 13.2 Å². The molecule has 0 heterocycles. The summed E-state index contributed by atoms with van der Waals surface area (Å²) in [7, 11) is 1.49. The molecule has 1 amide bonds. The maximum Gasteiger partial charge on any atom is 0.573 e. The van der Waals surface area contributed by atoms with E-state index in [1.54, 1.807) is 37.3 Å². The second-order valence-electron chi connectivity index (χ2n) is 5.96. The van der Waals surface area contributed by atoms with Crippen LogP contribution in [0.3, 0.4) is 0 Å². The fraction of sp³-hybridized carbons (Fsp3) is 0.250. The van der Waals surface area contributed by atoms with Crippen LogP contribution in [0, 0.1) is 0 Å². The average Bonchev–Trinajstić information content (AvgIpc) is 2.65. The maximum atomic E-state index is 12.2. The average molecular weight is 395 g/mol. The summed E-state index contributed by atoms with van der Waals surface area (Å²) in [4.78, 5) is 12.2. The van der Waals surface area contributed by atoms with E-state index >= 15 is 0 Å². The molecule has 2 rings (SSSR count). The number of carbonyl (C=O) groups is 1. The van der Waals surface area contributed by atoms with Crippen molar-refractivity contribution in [2.45, 2.75) is 19.3 Å². The second-order valence-corrected chi connectivity index (χ2v) is 5.96. The number of hydrogen-bond donors (Lipinski definition) is 2. The number of carbonyl (C=O) groups excluding carboxylic acids is 1. The lowest BCUT2D eigenvalue weighted by molar-refractivity contribution is -0.274. The predicted molar refractivity (Wildman–Crippen MR) is 99.1 cm³/mol. The van der Waals surface area contributed by atoms with E-state index in [-0.39, 0.29) is 24.3 Å². The van der Waals surface area contributed by atoms with Gasteiger partial charge < -0.3 is 19.9 Å². The molecule has 8 heteroatoms. The third kappa shape index (κ3) is 6.31. The molecule has 0 bridgehead atoms. The number of nitrogens with one attached hydrogen (secondary N) is 1. The minimum absolute atomic E-state index is 0.178. The molecule has 0 fully saturated rings. The molecule has 2 aromatic carbocycles. The Labute approximate surface area is 160 Å². The van der Waals surface area contributed by atoms with Gasteiger partial charge in [0.05, 0.1) is 13.7 Å². The molecule has 0 aliphatic heterocycles. The Balaban J connectivity index is 2.19. The number of methoxy groups -OCH3 is 1. The van der Waals surface area contributed by atoms with E-state index in [9.17, 15) is 18.0 Å². The minimum atomic E-state index is -4.74. The van der Waals surface area contributed by atoms with Gasteiger partial charge in [0.1, 0.15) is 11.5 Å². The fourth-order valence-corrected chi connectivity index (χ4v) is 2.33. The van der Waals surface area contributed by atoms with Gasteiger partial charge in [-0.1, -0.05) is 24.3 Å². The van der Waals surface area contributed by atoms with E-state index in [2.05, 4.69) is 10.1 Å². The second kappa shape index (κ2) is 9.27. The molecular formula is C20H20F3NO4. The minimum Gasteiger partial charge on any atom is -0.496 e. The van der Waals surface area contributed by atoms with E-state index in [4.69, 9.17) is 9.84 Å². The van der Waals surface area contributed by atoms with Crippen LogP contribution in [-0.4, -0.2) is 37.1 Å². The van der Waals surface area contributed by atoms with Crippen LogP contribution < -0.4 is 14.8 Å². The van der Waals surface area contributed by atoms with Crippen molar-refractivity contribution in [1.82, 2.24) is 5.32 Å². The van der Waals surface area contributed by atoms with Crippen LogP contribution in [0.15, 0.2) is 42.5 Å². The highest BCUT2D eigenvalue weighted by Crippen LogP contribution is 2.25. The molecule has 1 unspecified atom stereocenters. The predicted octanol–water partition coefficient (Wildman–Crippen LogP) is 3.87. The molecule has 0 aromatic heterocycles. The van der Waals surface area contributed by atoms with E-state index in [1.807, 2.05) is 0 Å². The molecule has 28 heavy (non-hydrogen) atoms. The summed E-state index contributed by atoms with van der Waals surface area (Å²) in [5.41, 5.74) is 1.64. The molecule has 1 atom stereocenters. The van der Waals surface area contributed by atoms with Crippen molar-refractivity contribution >= 4 is 18.1 Å². The van der Waals surface area contributed by atoms with Crippen molar-refractivity contribution in [2.75, 3.05) is 13.7 Å². The molecule has 2 aromatic rings. The Kier molecular flexibility index (Phi) is 7.06. The van der Waals surface area contributed by atoms with Crippen LogP contribution in [0.1, 0.15) is 28.4 Å². The molecule has 5 nitrogen and oxygen atoms in total. The first-order valence-corrected chi connectivity index (χ1v) is 8.35. The van der Waals surface area contributed by atoms with Gasteiger partial charge in [-0.2, -0.15) is 0 Å². The lowest BCUT2D eigenvalue weighted by Gasteiger charge is -2.12. The summed E-state index contributed by atoms with van der Waals surface area (Å²) in [6, 6.07) is 9.85. The largest absolute Gasteiger partial charge is 0.573 e. The number of rotatable bonds is 7. The molecule has 0 spiro atoms. The van der Waals surface area contributed by atoms with Crippen molar-refractivity contribution in [1.29, 1.82) is 0 Å². The van der Waals surface area contributed by atoms with Crippen LogP contribution in [0.4, 0.5) is 13.2 Å². The zero-order chi connectivity index (χ0) is 20.7. The monoisotopic (exact) mass is 395 g/mol. The molecular weight excluding hydrogens is 375 g/mol. The van der Waals surface area contributed by atoms with Crippen molar-refractivity contribution in [3.8, 4) is 11.5 Å². The fourth-order valence-electron chi connectivity index (χ4n) is 2.33. The Morgan fingerprint density at radius 2 is 1.86 bits per heavy atom. The van der Waals surface area contributed by atoms with Gasteiger partial charge in [0.2, 0.25) is 0 Å². The summed E-state index contributed by atoms with van der Waals surface area (Å²) in [6.07, 6.45) is -1.38. The van der Waals surface area contributed by atoms with Crippen LogP contribution in [0.25, 0.3) is 12.2 Å². The number of amides is 1. The van der Waals surface area contributed by atoms with E-state index < -0.39 is 6.36 Å². The molecule has 0 aliphatic rings. The van der Waals surface area contributed by atoms with Crippen molar-refractivity contribution in [2.24, 2.45) is 0 Å². The quantitative estimate of drug-likeness (QED) is 0.699. The first kappa shape index (κ1) is 21.3. The Morgan fingerprint density at radius 1 is 1.18 bits per heavy atom. The number of benzene rings is 2. The highest BCUT2D eigenvalue weighted by atomic mass is 19.4. The molecule has 0 radical (unpaired) electrons. The summed E-state index contributed by atoms with van der Waals surface area (Å²) in [5.74, 6) is -0.119. The Bertz CT molecular complexity index is 832. The summed E-state index contributed by atoms with van der Waals surface area (Å²) < 4.78 is 45.7. The topological polar surface area (TPSA) is 67.8 Å². The van der Waals surface area contributed by atoms with E-state index in [1.165, 1.54) is 31.4 Å². The SMILES string of the molecule is COc1ccc(C(=O)NC(C)CO)cc1C=Cc1ccc(OC(F)(F)F)cc1. The van der Waals surface area contributed by atoms with Gasteiger partial charge in [-0.25, -0.2) is 0 Å². The number of hydrogen-bond acceptors (Lipinski definition) is 4. The van der Waals surface area contributed by atoms with Crippen molar-refractivity contribution < 1.29 is 32.5 Å². The van der Waals surface area contributed by atoms with E-state index in [0.717, 1.165) is 0 Å². The van der Waals surface area contributed by atoms with Gasteiger partial charge in [0.25, 0.3) is 5.91 Å². The third-order valence-corrected chi connectivity index (χ3v) is 3.71. The third-order valence-electron chi connectivity index (χ3n) is 3.71. The molecule has 0 saturated heterocycles. The number of aliphatic hydroxyl groups excluding tert-OH is 1. The zero-order valence-corrected chi connectivity index (χ0v) is 15.3. The van der Waals surface area contributed by atoms with Gasteiger partial charge in [-0.3, -0.25) is 4.79 Å². The first-order chi connectivity index (χ1) is 13.2. The van der Waals surface area contributed by atoms with Crippen LogP contribution in [0.2, 0.25) is 0 Å². The first-order valence-electron chi connectivity index (χ1n) is 8.35. The molecule has 0 saturated carbocycles. The van der Waals surface area contributed by atoms with Gasteiger partial charge in [0.15, 0.2) is 0 Å². The maximum absolute atomic E-state index is 12.2. The summed E-state index contributed by atoms with van der Waals surface area (Å²) in [5, 5.41) is 11.7. The van der Waals surface area contributed by atoms with Crippen LogP contribution >= 0.6 is 0 Å². The highest BCUT2D eigenvalue weighted by Gasteiger charge is 2.30. The molecule has 0 aliphatic carbocycles. The van der Waals surface area contributed by atoms with Crippen molar-refractivity contribution in [3.63, 3.8) is 0 Å². The van der Waals surface area contributed by atoms with Crippen LogP contribution in [0.5, 0.6) is 11.5 Å². The zero-order valence-electron chi connectivity index (χ0n) is 15.3. The smallest absolute Gasteiger partial charge is 0.496 e. The molecule has 150 valence electrons. The summed E-state index contributed by atoms with van der Waals surface area (Å²) >= 11 is 0. The summed E-state index contributed by atoms with van der Waals surface area (Å²) in [6.45, 7) is 1.50. The highest BCUT2D eigenvalue weighted by molar-refractivity contribution is 5.95. The molecule has 2 N–H and O–H groups in total. The number of halogens is 3. The van der Waals surface area contributed by atoms with Crippen molar-refractivity contribution in [3.05, 3.63) is 59.2 Å². The Morgan fingerprint density at radius 3 is 2.43 bits per heavy atom. The lowest BCUT2D eigenvalue weighted by atomic mass is 10.1. The normalized spacial score (nSPS) is 12.6. The van der Waals surface area contributed by atoms with Crippen LogP contribution in [-0.2, 0) is 0 Å². The standard InChI is InChI=1S/C20H20F3NO4/c1-13(12-25)24-19(26)16-7-10-18(27-2)15(11-16)6-3-14-4-8-17(9-5-14)28-20(21,22)23/h3-11,13,25H,12H2,1-2H3,(H,24,26). The number of ether oxygens (including phenoxy) is 2. The van der Waals surface area contributed by atoms with Gasteiger partial charge in [-0.05, 0) is 42.8 Å². The van der Waals surface area contributed by atoms with Gasteiger partial charge in [0, 0.05) is 17.2 Å². The van der Waals surface area contributed by atoms with E-state index in [0.29, 0.717) is 22.4 Å².